The van der Waals surface area contributed by atoms with Crippen molar-refractivity contribution in [1.82, 2.24) is 0 Å². The monoisotopic (exact) mass is 226 g/mol. The molecule has 2 aliphatic heterocycles. The van der Waals surface area contributed by atoms with E-state index in [4.69, 9.17) is 9.47 Å². The van der Waals surface area contributed by atoms with Crippen molar-refractivity contribution in [2.45, 2.75) is 59.2 Å². The first-order chi connectivity index (χ1) is 7.56. The van der Waals surface area contributed by atoms with Crippen molar-refractivity contribution in [1.29, 1.82) is 0 Å². The number of unbranched alkanes of at least 4 members (excludes halogenated alkanes) is 1. The maximum atomic E-state index is 5.94. The molecular formula is C14H26O2. The van der Waals surface area contributed by atoms with Gasteiger partial charge in [0.1, 0.15) is 0 Å². The second kappa shape index (κ2) is 4.66. The van der Waals surface area contributed by atoms with Crippen LogP contribution in [0.3, 0.4) is 0 Å². The Morgan fingerprint density at radius 2 is 1.81 bits per heavy atom. The molecule has 0 aromatic rings. The molecule has 0 saturated carbocycles. The van der Waals surface area contributed by atoms with Gasteiger partial charge in [-0.3, -0.25) is 0 Å². The Balaban J connectivity index is 2.00. The molecule has 2 saturated heterocycles. The van der Waals surface area contributed by atoms with Crippen LogP contribution in [-0.4, -0.2) is 25.4 Å². The van der Waals surface area contributed by atoms with Crippen molar-refractivity contribution in [3.63, 3.8) is 0 Å². The van der Waals surface area contributed by atoms with Crippen LogP contribution in [0.2, 0.25) is 0 Å². The molecule has 2 aliphatic rings. The summed E-state index contributed by atoms with van der Waals surface area (Å²) in [5.41, 5.74) is 0.361. The van der Waals surface area contributed by atoms with E-state index in [-0.39, 0.29) is 0 Å². The zero-order valence-corrected chi connectivity index (χ0v) is 11.2. The summed E-state index contributed by atoms with van der Waals surface area (Å²) < 4.78 is 11.9. The van der Waals surface area contributed by atoms with Crippen LogP contribution in [0.1, 0.15) is 47.0 Å². The van der Waals surface area contributed by atoms with E-state index in [9.17, 15) is 0 Å². The molecule has 0 bridgehead atoms. The summed E-state index contributed by atoms with van der Waals surface area (Å²) >= 11 is 0. The summed E-state index contributed by atoms with van der Waals surface area (Å²) in [5, 5.41) is 0. The summed E-state index contributed by atoms with van der Waals surface area (Å²) in [6.07, 6.45) is 4.62. The average molecular weight is 226 g/mol. The second-order valence-electron chi connectivity index (χ2n) is 6.27. The van der Waals surface area contributed by atoms with Crippen LogP contribution >= 0.6 is 0 Å². The fourth-order valence-corrected chi connectivity index (χ4v) is 3.18. The number of fused-ring (bicyclic) bond motifs is 1. The number of hydrogen-bond donors (Lipinski definition) is 0. The first kappa shape index (κ1) is 12.4. The summed E-state index contributed by atoms with van der Waals surface area (Å²) in [5.74, 6) is 1.17. The summed E-state index contributed by atoms with van der Waals surface area (Å²) in [4.78, 5) is 0. The lowest BCUT2D eigenvalue weighted by molar-refractivity contribution is 0.0233. The SMILES string of the molecule is CCCCC(C)(C)C1COC2C1OC[C@H]2C. The molecule has 0 aliphatic carbocycles. The lowest BCUT2D eigenvalue weighted by atomic mass is 9.72. The van der Waals surface area contributed by atoms with Crippen molar-refractivity contribution in [2.24, 2.45) is 17.3 Å². The fourth-order valence-electron chi connectivity index (χ4n) is 3.18. The summed E-state index contributed by atoms with van der Waals surface area (Å²) in [6.45, 7) is 11.0. The van der Waals surface area contributed by atoms with Crippen LogP contribution < -0.4 is 0 Å². The van der Waals surface area contributed by atoms with Crippen molar-refractivity contribution in [2.75, 3.05) is 13.2 Å². The topological polar surface area (TPSA) is 18.5 Å². The van der Waals surface area contributed by atoms with Crippen molar-refractivity contribution in [3.8, 4) is 0 Å². The molecule has 0 N–H and O–H groups in total. The minimum Gasteiger partial charge on any atom is -0.375 e. The lowest BCUT2D eigenvalue weighted by Gasteiger charge is -2.33. The fraction of sp³-hybridized carbons (Fsp3) is 1.00. The second-order valence-corrected chi connectivity index (χ2v) is 6.27. The van der Waals surface area contributed by atoms with Crippen LogP contribution in [0.4, 0.5) is 0 Å². The highest BCUT2D eigenvalue weighted by atomic mass is 16.6. The molecule has 16 heavy (non-hydrogen) atoms. The standard InChI is InChI=1S/C14H26O2/c1-5-6-7-14(3,4)11-9-16-12-10(2)8-15-13(11)12/h10-13H,5-9H2,1-4H3/t10-,11?,12?,13?/m1/s1. The molecule has 0 amide bonds. The molecule has 3 unspecified atom stereocenters. The summed E-state index contributed by atoms with van der Waals surface area (Å²) in [6, 6.07) is 0. The van der Waals surface area contributed by atoms with Gasteiger partial charge in [0.25, 0.3) is 0 Å². The molecule has 2 rings (SSSR count). The molecule has 2 heteroatoms. The van der Waals surface area contributed by atoms with Gasteiger partial charge in [0.05, 0.1) is 25.4 Å². The highest BCUT2D eigenvalue weighted by Crippen LogP contribution is 2.45. The minimum absolute atomic E-state index is 0.361. The van der Waals surface area contributed by atoms with Crippen LogP contribution in [0.25, 0.3) is 0 Å². The Morgan fingerprint density at radius 1 is 1.12 bits per heavy atom. The van der Waals surface area contributed by atoms with E-state index in [1.807, 2.05) is 0 Å². The van der Waals surface area contributed by atoms with Crippen LogP contribution in [-0.2, 0) is 9.47 Å². The first-order valence-electron chi connectivity index (χ1n) is 6.79. The molecule has 0 aromatic carbocycles. The molecule has 2 heterocycles. The van der Waals surface area contributed by atoms with Crippen molar-refractivity contribution in [3.05, 3.63) is 0 Å². The maximum absolute atomic E-state index is 5.94. The Hall–Kier alpha value is -0.0800. The quantitative estimate of drug-likeness (QED) is 0.732. The van der Waals surface area contributed by atoms with E-state index in [0.717, 1.165) is 13.2 Å². The highest BCUT2D eigenvalue weighted by Gasteiger charge is 2.50. The Bertz CT molecular complexity index is 237. The maximum Gasteiger partial charge on any atom is 0.0895 e. The molecule has 4 atom stereocenters. The minimum atomic E-state index is 0.361. The predicted octanol–water partition coefficient (Wildman–Crippen LogP) is 3.25. The first-order valence-corrected chi connectivity index (χ1v) is 6.79. The van der Waals surface area contributed by atoms with Gasteiger partial charge in [-0.2, -0.15) is 0 Å². The predicted molar refractivity (Wildman–Crippen MR) is 65.4 cm³/mol. The van der Waals surface area contributed by atoms with Crippen LogP contribution in [0.15, 0.2) is 0 Å². The summed E-state index contributed by atoms with van der Waals surface area (Å²) in [7, 11) is 0. The third-order valence-corrected chi connectivity index (χ3v) is 4.48. The lowest BCUT2D eigenvalue weighted by Crippen LogP contribution is -2.35. The van der Waals surface area contributed by atoms with Gasteiger partial charge in [-0.05, 0) is 11.8 Å². The smallest absolute Gasteiger partial charge is 0.0895 e. The largest absolute Gasteiger partial charge is 0.375 e. The van der Waals surface area contributed by atoms with Gasteiger partial charge in [-0.1, -0.05) is 40.5 Å². The van der Waals surface area contributed by atoms with Gasteiger partial charge < -0.3 is 9.47 Å². The third-order valence-electron chi connectivity index (χ3n) is 4.48. The molecule has 0 aromatic heterocycles. The molecule has 2 fully saturated rings. The van der Waals surface area contributed by atoms with Gasteiger partial charge in [0.2, 0.25) is 0 Å². The van der Waals surface area contributed by atoms with Gasteiger partial charge in [0.15, 0.2) is 0 Å². The van der Waals surface area contributed by atoms with E-state index in [1.165, 1.54) is 19.3 Å². The van der Waals surface area contributed by atoms with Gasteiger partial charge in [-0.25, -0.2) is 0 Å². The van der Waals surface area contributed by atoms with E-state index in [1.54, 1.807) is 0 Å². The molecule has 2 nitrogen and oxygen atoms in total. The van der Waals surface area contributed by atoms with Crippen LogP contribution in [0, 0.1) is 17.3 Å². The van der Waals surface area contributed by atoms with Gasteiger partial charge in [-0.15, -0.1) is 0 Å². The normalized spacial score (nSPS) is 39.0. The van der Waals surface area contributed by atoms with Crippen LogP contribution in [0.5, 0.6) is 0 Å². The van der Waals surface area contributed by atoms with E-state index < -0.39 is 0 Å². The van der Waals surface area contributed by atoms with Crippen molar-refractivity contribution < 1.29 is 9.47 Å². The number of ether oxygens (including phenoxy) is 2. The molecule has 0 spiro atoms. The van der Waals surface area contributed by atoms with E-state index in [2.05, 4.69) is 27.7 Å². The average Bonchev–Trinajstić information content (AvgIpc) is 2.79. The zero-order valence-electron chi connectivity index (χ0n) is 11.2. The van der Waals surface area contributed by atoms with Gasteiger partial charge >= 0.3 is 0 Å². The van der Waals surface area contributed by atoms with Gasteiger partial charge in [0, 0.05) is 11.8 Å². The highest BCUT2D eigenvalue weighted by molar-refractivity contribution is 4.97. The Kier molecular flexibility index (Phi) is 3.60. The van der Waals surface area contributed by atoms with E-state index in [0.29, 0.717) is 29.5 Å². The Morgan fingerprint density at radius 3 is 2.50 bits per heavy atom. The number of hydrogen-bond acceptors (Lipinski definition) is 2. The number of rotatable bonds is 4. The van der Waals surface area contributed by atoms with Crippen molar-refractivity contribution >= 4 is 0 Å². The molecule has 94 valence electrons. The third kappa shape index (κ3) is 2.14. The van der Waals surface area contributed by atoms with E-state index >= 15 is 0 Å². The zero-order chi connectivity index (χ0) is 11.8. The Labute approximate surface area is 99.7 Å². The molecular weight excluding hydrogens is 200 g/mol. The molecule has 0 radical (unpaired) electrons.